The quantitative estimate of drug-likeness (QED) is 0.739. The van der Waals surface area contributed by atoms with Crippen LogP contribution in [0.1, 0.15) is 11.1 Å². The number of benzene rings is 1. The zero-order valence-electron chi connectivity index (χ0n) is 8.79. The molecule has 0 saturated heterocycles. The normalized spacial score (nSPS) is 9.33. The standard InChI is InChI=1S/C12H14N2O/c1-10-5-3-4-6-11(10)7-8-14-12(15)9-13-2/h3-6H,7-9H2,1H3,(H,14,15). The highest BCUT2D eigenvalue weighted by molar-refractivity contribution is 5.79. The minimum atomic E-state index is -0.196. The molecule has 1 aromatic rings. The van der Waals surface area contributed by atoms with Crippen LogP contribution in [0.25, 0.3) is 4.85 Å². The van der Waals surface area contributed by atoms with Crippen molar-refractivity contribution in [2.75, 3.05) is 13.1 Å². The van der Waals surface area contributed by atoms with Crippen LogP contribution in [0, 0.1) is 13.5 Å². The van der Waals surface area contributed by atoms with Crippen molar-refractivity contribution in [2.45, 2.75) is 13.3 Å². The predicted octanol–water partition coefficient (Wildman–Crippen LogP) is 1.57. The van der Waals surface area contributed by atoms with Gasteiger partial charge in [0.15, 0.2) is 0 Å². The summed E-state index contributed by atoms with van der Waals surface area (Å²) in [4.78, 5) is 14.0. The van der Waals surface area contributed by atoms with Crippen LogP contribution in [0.2, 0.25) is 0 Å². The van der Waals surface area contributed by atoms with Crippen molar-refractivity contribution < 1.29 is 4.79 Å². The number of hydrogen-bond donors (Lipinski definition) is 1. The molecule has 1 amide bonds. The summed E-state index contributed by atoms with van der Waals surface area (Å²) >= 11 is 0. The van der Waals surface area contributed by atoms with Gasteiger partial charge >= 0.3 is 0 Å². The van der Waals surface area contributed by atoms with Crippen molar-refractivity contribution in [1.82, 2.24) is 5.32 Å². The number of nitrogens with one attached hydrogen (secondary N) is 1. The Balaban J connectivity index is 2.36. The van der Waals surface area contributed by atoms with Crippen molar-refractivity contribution in [2.24, 2.45) is 0 Å². The highest BCUT2D eigenvalue weighted by Crippen LogP contribution is 2.06. The minimum Gasteiger partial charge on any atom is -0.349 e. The topological polar surface area (TPSA) is 33.5 Å². The fourth-order valence-corrected chi connectivity index (χ4v) is 1.35. The van der Waals surface area contributed by atoms with Crippen LogP contribution >= 0.6 is 0 Å². The minimum absolute atomic E-state index is 0.0756. The van der Waals surface area contributed by atoms with Gasteiger partial charge in [0, 0.05) is 6.54 Å². The lowest BCUT2D eigenvalue weighted by atomic mass is 10.1. The number of hydrogen-bond acceptors (Lipinski definition) is 1. The van der Waals surface area contributed by atoms with Gasteiger partial charge in [-0.1, -0.05) is 24.3 Å². The van der Waals surface area contributed by atoms with Crippen LogP contribution in [-0.4, -0.2) is 19.0 Å². The van der Waals surface area contributed by atoms with Crippen molar-refractivity contribution in [3.05, 3.63) is 46.8 Å². The van der Waals surface area contributed by atoms with Crippen LogP contribution in [0.5, 0.6) is 0 Å². The van der Waals surface area contributed by atoms with Crippen molar-refractivity contribution in [3.8, 4) is 0 Å². The first-order valence-corrected chi connectivity index (χ1v) is 4.88. The zero-order chi connectivity index (χ0) is 11.1. The summed E-state index contributed by atoms with van der Waals surface area (Å²) < 4.78 is 0. The van der Waals surface area contributed by atoms with E-state index in [4.69, 9.17) is 6.57 Å². The second-order valence-corrected chi connectivity index (χ2v) is 3.34. The summed E-state index contributed by atoms with van der Waals surface area (Å²) in [5, 5.41) is 2.71. The highest BCUT2D eigenvalue weighted by Gasteiger charge is 2.02. The first-order valence-electron chi connectivity index (χ1n) is 4.88. The van der Waals surface area contributed by atoms with Crippen molar-refractivity contribution in [1.29, 1.82) is 0 Å². The van der Waals surface area contributed by atoms with Gasteiger partial charge in [0.1, 0.15) is 0 Å². The molecule has 15 heavy (non-hydrogen) atoms. The van der Waals surface area contributed by atoms with Crippen molar-refractivity contribution in [3.63, 3.8) is 0 Å². The lowest BCUT2D eigenvalue weighted by molar-refractivity contribution is -0.119. The molecule has 0 saturated carbocycles. The molecular formula is C12H14N2O. The van der Waals surface area contributed by atoms with E-state index in [2.05, 4.69) is 29.2 Å². The van der Waals surface area contributed by atoms with Gasteiger partial charge in [0.2, 0.25) is 0 Å². The Bertz CT molecular complexity index is 379. The maximum Gasteiger partial charge on any atom is 0.300 e. The van der Waals surface area contributed by atoms with Gasteiger partial charge in [-0.25, -0.2) is 6.57 Å². The summed E-state index contributed by atoms with van der Waals surface area (Å²) in [6.07, 6.45) is 0.816. The smallest absolute Gasteiger partial charge is 0.300 e. The fraction of sp³-hybridized carbons (Fsp3) is 0.333. The Morgan fingerprint density at radius 2 is 2.20 bits per heavy atom. The molecule has 3 heteroatoms. The van der Waals surface area contributed by atoms with E-state index in [1.165, 1.54) is 11.1 Å². The van der Waals surface area contributed by atoms with E-state index in [-0.39, 0.29) is 12.5 Å². The van der Waals surface area contributed by atoms with E-state index < -0.39 is 0 Å². The zero-order valence-corrected chi connectivity index (χ0v) is 8.79. The van der Waals surface area contributed by atoms with E-state index in [0.29, 0.717) is 6.54 Å². The SMILES string of the molecule is [C-]#[N+]CC(=O)NCCc1ccccc1C. The molecule has 0 aliphatic carbocycles. The number of nitrogens with zero attached hydrogens (tertiary/aromatic N) is 1. The Hall–Kier alpha value is -1.82. The molecule has 1 rings (SSSR count). The van der Waals surface area contributed by atoms with E-state index in [1.54, 1.807) is 0 Å². The van der Waals surface area contributed by atoms with Gasteiger partial charge in [-0.05, 0) is 24.5 Å². The first-order chi connectivity index (χ1) is 7.24. The van der Waals surface area contributed by atoms with Crippen LogP contribution < -0.4 is 5.32 Å². The Morgan fingerprint density at radius 3 is 2.87 bits per heavy atom. The third kappa shape index (κ3) is 3.82. The number of amides is 1. The molecule has 0 spiro atoms. The molecule has 0 atom stereocenters. The molecule has 0 heterocycles. The fourth-order valence-electron chi connectivity index (χ4n) is 1.35. The van der Waals surface area contributed by atoms with Crippen LogP contribution in [0.4, 0.5) is 0 Å². The number of carbonyl (C=O) groups is 1. The van der Waals surface area contributed by atoms with Gasteiger partial charge < -0.3 is 10.2 Å². The molecule has 0 bridgehead atoms. The lowest BCUT2D eigenvalue weighted by Gasteiger charge is -2.05. The molecule has 1 N–H and O–H groups in total. The summed E-state index contributed by atoms with van der Waals surface area (Å²) in [5.41, 5.74) is 2.47. The third-order valence-corrected chi connectivity index (χ3v) is 2.20. The molecule has 78 valence electrons. The molecule has 0 radical (unpaired) electrons. The van der Waals surface area contributed by atoms with Crippen LogP contribution in [0.3, 0.4) is 0 Å². The highest BCUT2D eigenvalue weighted by atomic mass is 16.1. The number of carbonyl (C=O) groups excluding carboxylic acids is 1. The van der Waals surface area contributed by atoms with E-state index >= 15 is 0 Å². The number of aryl methyl sites for hydroxylation is 1. The molecular weight excluding hydrogens is 188 g/mol. The average molecular weight is 202 g/mol. The van der Waals surface area contributed by atoms with Crippen molar-refractivity contribution >= 4 is 5.91 Å². The monoisotopic (exact) mass is 202 g/mol. The molecule has 0 aliphatic heterocycles. The van der Waals surface area contributed by atoms with Crippen LogP contribution in [0.15, 0.2) is 24.3 Å². The largest absolute Gasteiger partial charge is 0.349 e. The Kier molecular flexibility index (Phi) is 4.36. The lowest BCUT2D eigenvalue weighted by Crippen LogP contribution is -2.27. The third-order valence-electron chi connectivity index (χ3n) is 2.20. The second kappa shape index (κ2) is 5.82. The summed E-state index contributed by atoms with van der Waals surface area (Å²) in [6, 6.07) is 8.09. The van der Waals surface area contributed by atoms with E-state index in [0.717, 1.165) is 6.42 Å². The molecule has 0 aromatic heterocycles. The van der Waals surface area contributed by atoms with Gasteiger partial charge in [-0.15, -0.1) is 0 Å². The van der Waals surface area contributed by atoms with Gasteiger partial charge in [0.05, 0.1) is 0 Å². The first kappa shape index (κ1) is 11.3. The van der Waals surface area contributed by atoms with Gasteiger partial charge in [-0.3, -0.25) is 4.79 Å². The summed E-state index contributed by atoms with van der Waals surface area (Å²) in [7, 11) is 0. The molecule has 1 aromatic carbocycles. The molecule has 0 fully saturated rings. The molecule has 3 nitrogen and oxygen atoms in total. The Morgan fingerprint density at radius 1 is 1.47 bits per heavy atom. The van der Waals surface area contributed by atoms with E-state index in [9.17, 15) is 4.79 Å². The van der Waals surface area contributed by atoms with Gasteiger partial charge in [0.25, 0.3) is 12.5 Å². The maximum absolute atomic E-state index is 11.0. The predicted molar refractivity (Wildman–Crippen MR) is 59.4 cm³/mol. The number of rotatable bonds is 4. The average Bonchev–Trinajstić information content (AvgIpc) is 2.21. The second-order valence-electron chi connectivity index (χ2n) is 3.34. The van der Waals surface area contributed by atoms with Crippen LogP contribution in [-0.2, 0) is 11.2 Å². The summed E-state index contributed by atoms with van der Waals surface area (Å²) in [6.45, 7) is 9.10. The van der Waals surface area contributed by atoms with E-state index in [1.807, 2.05) is 12.1 Å². The van der Waals surface area contributed by atoms with Gasteiger partial charge in [-0.2, -0.15) is 0 Å². The summed E-state index contributed by atoms with van der Waals surface area (Å²) in [5.74, 6) is -0.196. The molecule has 0 unspecified atom stereocenters. The Labute approximate surface area is 89.9 Å². The maximum atomic E-state index is 11.0. The molecule has 0 aliphatic rings.